The highest BCUT2D eigenvalue weighted by atomic mass is 35.5. The number of carbonyl (C=O) groups is 1. The molecule has 1 amide bonds. The molecular weight excluding hydrogens is 266 g/mol. The van der Waals surface area contributed by atoms with E-state index < -0.39 is 0 Å². The van der Waals surface area contributed by atoms with Crippen molar-refractivity contribution in [3.63, 3.8) is 0 Å². The molecule has 98 valence electrons. The summed E-state index contributed by atoms with van der Waals surface area (Å²) in [7, 11) is 1.56. The number of carbonyl (C=O) groups excluding carboxylic acids is 1. The highest BCUT2D eigenvalue weighted by Gasteiger charge is 2.09. The van der Waals surface area contributed by atoms with Crippen molar-refractivity contribution in [1.29, 1.82) is 0 Å². The molecule has 2 aromatic carbocycles. The first kappa shape index (κ1) is 13.2. The van der Waals surface area contributed by atoms with E-state index in [-0.39, 0.29) is 16.7 Å². The fourth-order valence-corrected chi connectivity index (χ4v) is 1.76. The maximum absolute atomic E-state index is 12.0. The van der Waals surface area contributed by atoms with Crippen LogP contribution >= 0.6 is 11.6 Å². The number of phenols is 1. The highest BCUT2D eigenvalue weighted by molar-refractivity contribution is 6.34. The minimum absolute atomic E-state index is 0.0486. The molecule has 19 heavy (non-hydrogen) atoms. The second-order valence-electron chi connectivity index (χ2n) is 3.85. The average Bonchev–Trinajstić information content (AvgIpc) is 2.42. The summed E-state index contributed by atoms with van der Waals surface area (Å²) in [6.07, 6.45) is 0. The number of ether oxygens (including phenoxy) is 1. The largest absolute Gasteiger partial charge is 0.508 e. The predicted molar refractivity (Wildman–Crippen MR) is 74.1 cm³/mol. The number of hydrogen-bond donors (Lipinski definition) is 2. The van der Waals surface area contributed by atoms with Gasteiger partial charge in [-0.25, -0.2) is 0 Å². The first-order chi connectivity index (χ1) is 9.10. The fourth-order valence-electron chi connectivity index (χ4n) is 1.54. The molecule has 0 saturated carbocycles. The van der Waals surface area contributed by atoms with E-state index in [1.165, 1.54) is 12.1 Å². The van der Waals surface area contributed by atoms with Gasteiger partial charge in [-0.15, -0.1) is 0 Å². The normalized spacial score (nSPS) is 10.0. The molecule has 0 heterocycles. The zero-order valence-corrected chi connectivity index (χ0v) is 10.9. The minimum Gasteiger partial charge on any atom is -0.508 e. The van der Waals surface area contributed by atoms with Crippen LogP contribution in [-0.4, -0.2) is 18.1 Å². The molecular formula is C14H12ClNO3. The van der Waals surface area contributed by atoms with E-state index >= 15 is 0 Å². The van der Waals surface area contributed by atoms with Crippen molar-refractivity contribution in [2.75, 3.05) is 12.4 Å². The molecule has 2 N–H and O–H groups in total. The summed E-state index contributed by atoms with van der Waals surface area (Å²) in [5, 5.41) is 12.2. The predicted octanol–water partition coefficient (Wildman–Crippen LogP) is 3.31. The molecule has 4 nitrogen and oxygen atoms in total. The maximum atomic E-state index is 12.0. The van der Waals surface area contributed by atoms with Gasteiger partial charge >= 0.3 is 0 Å². The monoisotopic (exact) mass is 277 g/mol. The van der Waals surface area contributed by atoms with Gasteiger partial charge in [0.1, 0.15) is 11.5 Å². The van der Waals surface area contributed by atoms with Crippen LogP contribution in [0.15, 0.2) is 42.5 Å². The van der Waals surface area contributed by atoms with Gasteiger partial charge in [-0.3, -0.25) is 4.79 Å². The van der Waals surface area contributed by atoms with Crippen LogP contribution < -0.4 is 10.1 Å². The molecule has 0 spiro atoms. The summed E-state index contributed by atoms with van der Waals surface area (Å²) in [5.74, 6) is 0.446. The second kappa shape index (κ2) is 5.63. The zero-order chi connectivity index (χ0) is 13.8. The number of aromatic hydroxyl groups is 1. The molecule has 0 saturated heterocycles. The third-order valence-corrected chi connectivity index (χ3v) is 2.87. The summed E-state index contributed by atoms with van der Waals surface area (Å²) < 4.78 is 5.02. The Morgan fingerprint density at radius 2 is 1.89 bits per heavy atom. The number of halogens is 1. The van der Waals surface area contributed by atoms with Gasteiger partial charge in [-0.05, 0) is 36.4 Å². The maximum Gasteiger partial charge on any atom is 0.255 e. The van der Waals surface area contributed by atoms with Crippen LogP contribution in [0.4, 0.5) is 5.69 Å². The molecule has 0 bridgehead atoms. The summed E-state index contributed by atoms with van der Waals surface area (Å²) in [4.78, 5) is 12.0. The Hall–Kier alpha value is -2.20. The van der Waals surface area contributed by atoms with Crippen LogP contribution in [0, 0.1) is 0 Å². The van der Waals surface area contributed by atoms with E-state index in [2.05, 4.69) is 5.32 Å². The number of amides is 1. The molecule has 0 fully saturated rings. The van der Waals surface area contributed by atoms with E-state index in [9.17, 15) is 9.90 Å². The molecule has 2 rings (SSSR count). The van der Waals surface area contributed by atoms with Crippen LogP contribution in [0.5, 0.6) is 11.5 Å². The lowest BCUT2D eigenvalue weighted by Crippen LogP contribution is -2.11. The van der Waals surface area contributed by atoms with Gasteiger partial charge in [-0.1, -0.05) is 11.6 Å². The molecule has 0 aliphatic carbocycles. The van der Waals surface area contributed by atoms with Crippen LogP contribution in [0.3, 0.4) is 0 Å². The Kier molecular flexibility index (Phi) is 3.92. The summed E-state index contributed by atoms with van der Waals surface area (Å²) in [6, 6.07) is 11.1. The third-order valence-electron chi connectivity index (χ3n) is 2.55. The van der Waals surface area contributed by atoms with Gasteiger partial charge in [0.05, 0.1) is 17.8 Å². The molecule has 0 aromatic heterocycles. The van der Waals surface area contributed by atoms with E-state index in [1.54, 1.807) is 37.4 Å². The Balaban J connectivity index is 2.15. The minimum atomic E-state index is -0.282. The van der Waals surface area contributed by atoms with E-state index in [0.29, 0.717) is 17.0 Å². The summed E-state index contributed by atoms with van der Waals surface area (Å²) in [6.45, 7) is 0. The van der Waals surface area contributed by atoms with Crippen LogP contribution in [0.1, 0.15) is 10.4 Å². The molecule has 0 atom stereocenters. The van der Waals surface area contributed by atoms with Crippen molar-refractivity contribution in [2.24, 2.45) is 0 Å². The quantitative estimate of drug-likeness (QED) is 0.846. The van der Waals surface area contributed by atoms with Crippen molar-refractivity contribution < 1.29 is 14.6 Å². The van der Waals surface area contributed by atoms with Crippen molar-refractivity contribution in [1.82, 2.24) is 0 Å². The zero-order valence-electron chi connectivity index (χ0n) is 10.2. The lowest BCUT2D eigenvalue weighted by atomic mass is 10.2. The van der Waals surface area contributed by atoms with Crippen molar-refractivity contribution in [3.05, 3.63) is 53.1 Å². The Bertz CT molecular complexity index is 596. The molecule has 5 heteroatoms. The fraction of sp³-hybridized carbons (Fsp3) is 0.0714. The summed E-state index contributed by atoms with van der Waals surface area (Å²) >= 11 is 5.91. The van der Waals surface area contributed by atoms with E-state index in [4.69, 9.17) is 16.3 Å². The first-order valence-corrected chi connectivity index (χ1v) is 5.92. The number of anilines is 1. The van der Waals surface area contributed by atoms with Crippen molar-refractivity contribution >= 4 is 23.2 Å². The molecule has 0 aliphatic heterocycles. The van der Waals surface area contributed by atoms with E-state index in [0.717, 1.165) is 0 Å². The number of methoxy groups -OCH3 is 1. The number of benzene rings is 2. The average molecular weight is 278 g/mol. The lowest BCUT2D eigenvalue weighted by molar-refractivity contribution is 0.102. The molecule has 0 aliphatic rings. The van der Waals surface area contributed by atoms with Gasteiger partial charge in [0.25, 0.3) is 5.91 Å². The molecule has 2 aromatic rings. The standard InChI is InChI=1S/C14H12ClNO3/c1-19-11-5-2-9(3-6-11)14(18)16-13-7-4-10(17)8-12(13)15/h2-8,17H,1H3,(H,16,18). The lowest BCUT2D eigenvalue weighted by Gasteiger charge is -2.08. The molecule has 0 radical (unpaired) electrons. The van der Waals surface area contributed by atoms with Crippen LogP contribution in [-0.2, 0) is 0 Å². The number of rotatable bonds is 3. The van der Waals surface area contributed by atoms with Crippen molar-refractivity contribution in [3.8, 4) is 11.5 Å². The van der Waals surface area contributed by atoms with Crippen LogP contribution in [0.2, 0.25) is 5.02 Å². The van der Waals surface area contributed by atoms with Gasteiger partial charge in [0.15, 0.2) is 0 Å². The first-order valence-electron chi connectivity index (χ1n) is 5.54. The third kappa shape index (κ3) is 3.17. The summed E-state index contributed by atoms with van der Waals surface area (Å²) in [5.41, 5.74) is 0.935. The van der Waals surface area contributed by atoms with Gasteiger partial charge in [0, 0.05) is 11.6 Å². The van der Waals surface area contributed by atoms with E-state index in [1.807, 2.05) is 0 Å². The smallest absolute Gasteiger partial charge is 0.255 e. The topological polar surface area (TPSA) is 58.6 Å². The van der Waals surface area contributed by atoms with Crippen LogP contribution in [0.25, 0.3) is 0 Å². The van der Waals surface area contributed by atoms with Gasteiger partial charge in [0.2, 0.25) is 0 Å². The van der Waals surface area contributed by atoms with Gasteiger partial charge < -0.3 is 15.2 Å². The highest BCUT2D eigenvalue weighted by Crippen LogP contribution is 2.26. The van der Waals surface area contributed by atoms with Crippen molar-refractivity contribution in [2.45, 2.75) is 0 Å². The number of phenolic OH excluding ortho intramolecular Hbond substituents is 1. The number of hydrogen-bond acceptors (Lipinski definition) is 3. The number of nitrogens with one attached hydrogen (secondary N) is 1. The van der Waals surface area contributed by atoms with Gasteiger partial charge in [-0.2, -0.15) is 0 Å². The Labute approximate surface area is 115 Å². The Morgan fingerprint density at radius 1 is 1.21 bits per heavy atom. The second-order valence-corrected chi connectivity index (χ2v) is 4.25. The Morgan fingerprint density at radius 3 is 2.47 bits per heavy atom. The molecule has 0 unspecified atom stereocenters. The SMILES string of the molecule is COc1ccc(C(=O)Nc2ccc(O)cc2Cl)cc1.